The van der Waals surface area contributed by atoms with Gasteiger partial charge in [-0.3, -0.25) is 0 Å². The van der Waals surface area contributed by atoms with Gasteiger partial charge in [0.05, 0.1) is 0 Å². The van der Waals surface area contributed by atoms with Crippen LogP contribution in [0.1, 0.15) is 31.0 Å². The molecule has 0 saturated carbocycles. The van der Waals surface area contributed by atoms with Crippen molar-refractivity contribution in [2.75, 3.05) is 0 Å². The predicted octanol–water partition coefficient (Wildman–Crippen LogP) is 3.87. The molecule has 2 aliphatic rings. The summed E-state index contributed by atoms with van der Waals surface area (Å²) in [7, 11) is 0. The van der Waals surface area contributed by atoms with Gasteiger partial charge in [0.1, 0.15) is 0 Å². The molecule has 0 nitrogen and oxygen atoms in total. The van der Waals surface area contributed by atoms with Gasteiger partial charge in [-0.25, -0.2) is 0 Å². The molecule has 0 radical (unpaired) electrons. The second kappa shape index (κ2) is 3.83. The molecular weight excluding hydrogens is 325 g/mol. The molecule has 0 aromatic heterocycles. The van der Waals surface area contributed by atoms with Gasteiger partial charge in [-0.05, 0) is 0 Å². The van der Waals surface area contributed by atoms with Gasteiger partial charge in [-0.15, -0.1) is 0 Å². The molecule has 0 fully saturated rings. The molecule has 13 heavy (non-hydrogen) atoms. The number of hydrogen-bond acceptors (Lipinski definition) is 0. The van der Waals surface area contributed by atoms with Gasteiger partial charge in [-0.2, -0.15) is 0 Å². The molecule has 0 aromatic carbocycles. The van der Waals surface area contributed by atoms with Gasteiger partial charge in [0, 0.05) is 0 Å². The van der Waals surface area contributed by atoms with E-state index in [9.17, 15) is 0 Å². The first-order chi connectivity index (χ1) is 6.27. The summed E-state index contributed by atoms with van der Waals surface area (Å²) in [5.41, 5.74) is 3.12. The molecule has 0 spiro atoms. The number of hydrogen-bond donors (Lipinski definition) is 0. The minimum atomic E-state index is -0.483. The van der Waals surface area contributed by atoms with Crippen LogP contribution in [0.25, 0.3) is 0 Å². The Balaban J connectivity index is 0. The normalized spacial score (nSPS) is 20.8. The van der Waals surface area contributed by atoms with E-state index in [0.29, 0.717) is 0 Å². The number of allylic oxidation sites excluding steroid dienone is 8. The van der Waals surface area contributed by atoms with Gasteiger partial charge in [0.25, 0.3) is 0 Å². The van der Waals surface area contributed by atoms with Crippen LogP contribution in [-0.4, -0.2) is 0 Å². The Morgan fingerprint density at radius 1 is 1.00 bits per heavy atom. The summed E-state index contributed by atoms with van der Waals surface area (Å²) in [6.45, 7) is 4.53. The summed E-state index contributed by atoms with van der Waals surface area (Å²) in [6, 6.07) is 0. The van der Waals surface area contributed by atoms with Crippen LogP contribution >= 0.6 is 0 Å². The zero-order chi connectivity index (χ0) is 9.26. The largest absolute Gasteiger partial charge is 1.00 e. The van der Waals surface area contributed by atoms with Gasteiger partial charge in [0.15, 0.2) is 0 Å². The third-order valence-corrected chi connectivity index (χ3v) is 8.32. The van der Waals surface area contributed by atoms with E-state index in [1.807, 2.05) is 0 Å². The first kappa shape index (κ1) is 9.26. The standard InChI is InChI=1S/2C6H7.Ta.3H/c2*1-6-4-2-3-5-6;;;;/h2*2,4H,3H2,1H3;;;;/q;;;3*-1. The molecule has 73 valence electrons. The van der Waals surface area contributed by atoms with Crippen LogP contribution in [0.2, 0.25) is 0 Å². The van der Waals surface area contributed by atoms with E-state index in [-0.39, 0.29) is 4.28 Å². The Morgan fingerprint density at radius 2 is 1.46 bits per heavy atom. The molecule has 0 aromatic rings. The fourth-order valence-corrected chi connectivity index (χ4v) is 6.03. The van der Waals surface area contributed by atoms with E-state index in [2.05, 4.69) is 38.2 Å². The smallest absolute Gasteiger partial charge is 1.00 e. The van der Waals surface area contributed by atoms with Crippen molar-refractivity contribution in [2.24, 2.45) is 0 Å². The quantitative estimate of drug-likeness (QED) is 0.715. The molecule has 0 aliphatic heterocycles. The maximum Gasteiger partial charge on any atom is -1.00 e. The molecule has 0 bridgehead atoms. The van der Waals surface area contributed by atoms with Crippen molar-refractivity contribution < 1.29 is 24.0 Å². The Hall–Kier alpha value is -0.300. The number of rotatable bonds is 2. The van der Waals surface area contributed by atoms with Crippen LogP contribution in [-0.2, 0) is 19.8 Å². The van der Waals surface area contributed by atoms with Crippen molar-refractivity contribution in [1.29, 1.82) is 0 Å². The van der Waals surface area contributed by atoms with Crippen molar-refractivity contribution in [3.63, 3.8) is 0 Å². The Kier molecular flexibility index (Phi) is 2.73. The van der Waals surface area contributed by atoms with E-state index >= 15 is 0 Å². The Morgan fingerprint density at radius 3 is 1.77 bits per heavy atom. The van der Waals surface area contributed by atoms with Crippen LogP contribution in [0.15, 0.2) is 43.0 Å². The maximum absolute atomic E-state index is 2.31. The fourth-order valence-electron chi connectivity index (χ4n) is 1.64. The second-order valence-corrected chi connectivity index (χ2v) is 8.27. The Bertz CT molecular complexity index is 317. The summed E-state index contributed by atoms with van der Waals surface area (Å²) in [5, 5.41) is 0. The molecule has 1 heteroatoms. The molecule has 0 heterocycles. The molecule has 0 atom stereocenters. The predicted molar refractivity (Wildman–Crippen MR) is 56.3 cm³/mol. The minimum Gasteiger partial charge on any atom is -1.00 e. The van der Waals surface area contributed by atoms with Crippen LogP contribution in [0.4, 0.5) is 0 Å². The van der Waals surface area contributed by atoms with Crippen molar-refractivity contribution in [3.8, 4) is 0 Å². The van der Waals surface area contributed by atoms with Gasteiger partial charge < -0.3 is 4.28 Å². The van der Waals surface area contributed by atoms with E-state index < -0.39 is 19.8 Å². The van der Waals surface area contributed by atoms with Crippen molar-refractivity contribution in [2.45, 2.75) is 26.7 Å². The minimum absolute atomic E-state index is 0. The van der Waals surface area contributed by atoms with Gasteiger partial charge >= 0.3 is 89.5 Å². The summed E-state index contributed by atoms with van der Waals surface area (Å²) in [5.74, 6) is 0. The van der Waals surface area contributed by atoms with Crippen LogP contribution in [0.5, 0.6) is 0 Å². The summed E-state index contributed by atoms with van der Waals surface area (Å²) in [4.78, 5) is 0. The van der Waals surface area contributed by atoms with E-state index in [0.717, 1.165) is 0 Å². The van der Waals surface area contributed by atoms with E-state index in [1.54, 1.807) is 18.7 Å². The summed E-state index contributed by atoms with van der Waals surface area (Å²) in [6.07, 6.45) is 11.7. The average Bonchev–Trinajstić information content (AvgIpc) is 2.65. The molecule has 0 saturated heterocycles. The molecule has 0 N–H and O–H groups in total. The van der Waals surface area contributed by atoms with Gasteiger partial charge in [-0.1, -0.05) is 0 Å². The van der Waals surface area contributed by atoms with Crippen LogP contribution < -0.4 is 0 Å². The zero-order valence-corrected chi connectivity index (χ0v) is 11.4. The van der Waals surface area contributed by atoms with Crippen molar-refractivity contribution in [1.82, 2.24) is 0 Å². The monoisotopic (exact) mass is 342 g/mol. The van der Waals surface area contributed by atoms with E-state index in [4.69, 9.17) is 0 Å². The molecule has 2 rings (SSSR count). The van der Waals surface area contributed by atoms with E-state index in [1.165, 1.54) is 12.8 Å². The second-order valence-electron chi connectivity index (χ2n) is 3.58. The molecular formula is C12H17Ta-3. The van der Waals surface area contributed by atoms with Crippen molar-refractivity contribution >= 4 is 0 Å². The topological polar surface area (TPSA) is 0 Å². The molecule has 0 amide bonds. The Labute approximate surface area is 93.9 Å². The third-order valence-electron chi connectivity index (χ3n) is 2.54. The summed E-state index contributed by atoms with van der Waals surface area (Å²) >= 11 is -0.483. The first-order valence-electron chi connectivity index (χ1n) is 4.71. The van der Waals surface area contributed by atoms with Crippen LogP contribution in [0, 0.1) is 0 Å². The van der Waals surface area contributed by atoms with Gasteiger partial charge in [0.2, 0.25) is 0 Å². The zero-order valence-electron chi connectivity index (χ0n) is 11.2. The van der Waals surface area contributed by atoms with Crippen LogP contribution in [0.3, 0.4) is 0 Å². The fraction of sp³-hybridized carbons (Fsp3) is 0.333. The third kappa shape index (κ3) is 1.96. The molecule has 0 unspecified atom stereocenters. The summed E-state index contributed by atoms with van der Waals surface area (Å²) < 4.78 is 3.58. The first-order valence-corrected chi connectivity index (χ1v) is 7.93. The maximum atomic E-state index is 2.31. The van der Waals surface area contributed by atoms with Crippen molar-refractivity contribution in [3.05, 3.63) is 43.0 Å². The average molecular weight is 342 g/mol. The SMILES string of the molecule is CC1=[C]([Ta][C]2=C(C)C=CC2)CC=C1.[H-].[H-].[H-]. The molecule has 2 aliphatic carbocycles.